The number of carbonyl (C=O) groups excluding carboxylic acids is 1. The Morgan fingerprint density at radius 2 is 2.00 bits per heavy atom. The molecule has 0 aliphatic heterocycles. The Morgan fingerprint density at radius 3 is 2.57 bits per heavy atom. The van der Waals surface area contributed by atoms with Crippen LogP contribution in [0.5, 0.6) is 0 Å². The van der Waals surface area contributed by atoms with Crippen LogP contribution in [0.4, 0.5) is 18.9 Å². The van der Waals surface area contributed by atoms with E-state index >= 15 is 0 Å². The first-order valence-corrected chi connectivity index (χ1v) is 7.22. The number of ketones is 1. The standard InChI is InChI=1S/C13H12F3NO3S/c14-13(15,16)8-5-6-11(9(7-8)17(19)20)21-12-4-2-1-3-10(12)18/h5-7,12H,1-4H2/t12-/m0/s1. The van der Waals surface area contributed by atoms with E-state index in [2.05, 4.69) is 0 Å². The molecule has 0 unspecified atom stereocenters. The SMILES string of the molecule is O=C1CCCC[C@@H]1Sc1ccc(C(F)(F)F)cc1[N+](=O)[O-]. The minimum absolute atomic E-state index is 0.000413. The van der Waals surface area contributed by atoms with Crippen LogP contribution in [0.15, 0.2) is 23.1 Å². The first kappa shape index (κ1) is 15.8. The Labute approximate surface area is 122 Å². The topological polar surface area (TPSA) is 60.2 Å². The third-order valence-electron chi connectivity index (χ3n) is 3.25. The zero-order valence-electron chi connectivity index (χ0n) is 10.9. The zero-order valence-corrected chi connectivity index (χ0v) is 11.7. The highest BCUT2D eigenvalue weighted by atomic mass is 32.2. The Bertz CT molecular complexity index is 574. The minimum Gasteiger partial charge on any atom is -0.298 e. The van der Waals surface area contributed by atoms with E-state index in [0.717, 1.165) is 36.7 Å². The van der Waals surface area contributed by atoms with Crippen LogP contribution in [0.3, 0.4) is 0 Å². The van der Waals surface area contributed by atoms with Gasteiger partial charge in [-0.25, -0.2) is 0 Å². The number of Topliss-reactive ketones (excluding diaryl/α,β-unsaturated/α-hetero) is 1. The minimum atomic E-state index is -4.63. The molecule has 0 radical (unpaired) electrons. The summed E-state index contributed by atoms with van der Waals surface area (Å²) < 4.78 is 37.8. The number of halogens is 3. The van der Waals surface area contributed by atoms with Crippen molar-refractivity contribution < 1.29 is 22.9 Å². The molecule has 21 heavy (non-hydrogen) atoms. The van der Waals surface area contributed by atoms with Crippen LogP contribution in [0.1, 0.15) is 31.2 Å². The van der Waals surface area contributed by atoms with Gasteiger partial charge in [0.1, 0.15) is 5.78 Å². The second kappa shape index (κ2) is 6.05. The summed E-state index contributed by atoms with van der Waals surface area (Å²) in [5.74, 6) is 0.000413. The van der Waals surface area contributed by atoms with Gasteiger partial charge in [-0.3, -0.25) is 14.9 Å². The lowest BCUT2D eigenvalue weighted by Crippen LogP contribution is -2.21. The number of rotatable bonds is 3. The lowest BCUT2D eigenvalue weighted by Gasteiger charge is -2.19. The fourth-order valence-electron chi connectivity index (χ4n) is 2.16. The van der Waals surface area contributed by atoms with Gasteiger partial charge in [0, 0.05) is 12.5 Å². The van der Waals surface area contributed by atoms with Crippen LogP contribution in [-0.4, -0.2) is 16.0 Å². The summed E-state index contributed by atoms with van der Waals surface area (Å²) in [6.45, 7) is 0. The van der Waals surface area contributed by atoms with Gasteiger partial charge in [-0.1, -0.05) is 6.42 Å². The molecule has 114 valence electrons. The van der Waals surface area contributed by atoms with E-state index in [1.807, 2.05) is 0 Å². The summed E-state index contributed by atoms with van der Waals surface area (Å²) in [7, 11) is 0. The first-order valence-electron chi connectivity index (χ1n) is 6.34. The Kier molecular flexibility index (Phi) is 4.55. The second-order valence-corrected chi connectivity index (χ2v) is 6.00. The van der Waals surface area contributed by atoms with Crippen molar-refractivity contribution in [2.75, 3.05) is 0 Å². The summed E-state index contributed by atoms with van der Waals surface area (Å²) in [5, 5.41) is 10.6. The van der Waals surface area contributed by atoms with Gasteiger partial charge >= 0.3 is 6.18 Å². The van der Waals surface area contributed by atoms with Crippen LogP contribution >= 0.6 is 11.8 Å². The number of thioether (sulfide) groups is 1. The van der Waals surface area contributed by atoms with E-state index in [4.69, 9.17) is 0 Å². The molecular weight excluding hydrogens is 307 g/mol. The molecule has 4 nitrogen and oxygen atoms in total. The Hall–Kier alpha value is -1.57. The van der Waals surface area contributed by atoms with E-state index in [-0.39, 0.29) is 10.7 Å². The summed E-state index contributed by atoms with van der Waals surface area (Å²) in [6, 6.07) is 2.41. The van der Waals surface area contributed by atoms with Gasteiger partial charge in [-0.05, 0) is 25.0 Å². The molecule has 8 heteroatoms. The molecule has 1 atom stereocenters. The van der Waals surface area contributed by atoms with Crippen molar-refractivity contribution in [2.24, 2.45) is 0 Å². The molecule has 1 aromatic rings. The number of alkyl halides is 3. The van der Waals surface area contributed by atoms with Crippen LogP contribution in [-0.2, 0) is 11.0 Å². The third kappa shape index (κ3) is 3.75. The molecule has 0 saturated heterocycles. The number of carbonyl (C=O) groups is 1. The van der Waals surface area contributed by atoms with Crippen LogP contribution in [0, 0.1) is 10.1 Å². The maximum absolute atomic E-state index is 12.6. The summed E-state index contributed by atoms with van der Waals surface area (Å²) in [6.07, 6.45) is -1.97. The van der Waals surface area contributed by atoms with E-state index < -0.39 is 27.6 Å². The van der Waals surface area contributed by atoms with E-state index in [1.54, 1.807) is 0 Å². The molecule has 1 aliphatic rings. The fourth-order valence-corrected chi connectivity index (χ4v) is 3.41. The molecule has 1 fully saturated rings. The molecule has 0 spiro atoms. The zero-order chi connectivity index (χ0) is 15.6. The normalized spacial score (nSPS) is 19.6. The maximum Gasteiger partial charge on any atom is 0.416 e. The first-order chi connectivity index (χ1) is 9.79. The smallest absolute Gasteiger partial charge is 0.298 e. The van der Waals surface area contributed by atoms with Gasteiger partial charge in [0.15, 0.2) is 0 Å². The van der Waals surface area contributed by atoms with Gasteiger partial charge in [0.2, 0.25) is 0 Å². The summed E-state index contributed by atoms with van der Waals surface area (Å²) >= 11 is 0.988. The molecular formula is C13H12F3NO3S. The Balaban J connectivity index is 2.30. The van der Waals surface area contributed by atoms with E-state index in [0.29, 0.717) is 18.9 Å². The number of nitro groups is 1. The summed E-state index contributed by atoms with van der Waals surface area (Å²) in [5.41, 5.74) is -1.67. The number of benzene rings is 1. The van der Waals surface area contributed by atoms with Crippen molar-refractivity contribution in [3.8, 4) is 0 Å². The molecule has 0 bridgehead atoms. The molecule has 1 aliphatic carbocycles. The van der Waals surface area contributed by atoms with Crippen LogP contribution in [0.2, 0.25) is 0 Å². The molecule has 2 rings (SSSR count). The molecule has 0 aromatic heterocycles. The van der Waals surface area contributed by atoms with Gasteiger partial charge in [-0.2, -0.15) is 13.2 Å². The van der Waals surface area contributed by atoms with Crippen molar-refractivity contribution in [1.29, 1.82) is 0 Å². The average molecular weight is 319 g/mol. The number of nitrogens with zero attached hydrogens (tertiary/aromatic N) is 1. The molecule has 0 N–H and O–H groups in total. The number of hydrogen-bond donors (Lipinski definition) is 0. The highest BCUT2D eigenvalue weighted by Crippen LogP contribution is 2.40. The molecule has 0 heterocycles. The number of hydrogen-bond acceptors (Lipinski definition) is 4. The van der Waals surface area contributed by atoms with Crippen molar-refractivity contribution in [2.45, 2.75) is 42.0 Å². The van der Waals surface area contributed by atoms with Crippen molar-refractivity contribution in [1.82, 2.24) is 0 Å². The average Bonchev–Trinajstić information content (AvgIpc) is 2.40. The van der Waals surface area contributed by atoms with Gasteiger partial charge in [-0.15, -0.1) is 11.8 Å². The summed E-state index contributed by atoms with van der Waals surface area (Å²) in [4.78, 5) is 22.0. The monoisotopic (exact) mass is 319 g/mol. The quantitative estimate of drug-likeness (QED) is 0.618. The van der Waals surface area contributed by atoms with E-state index in [1.165, 1.54) is 0 Å². The van der Waals surface area contributed by atoms with Crippen molar-refractivity contribution in [3.63, 3.8) is 0 Å². The number of nitro benzene ring substituents is 1. The van der Waals surface area contributed by atoms with Gasteiger partial charge in [0.05, 0.1) is 20.6 Å². The maximum atomic E-state index is 12.6. The highest BCUT2D eigenvalue weighted by Gasteiger charge is 2.34. The van der Waals surface area contributed by atoms with E-state index in [9.17, 15) is 28.1 Å². The third-order valence-corrected chi connectivity index (χ3v) is 4.63. The predicted molar refractivity (Wildman–Crippen MR) is 71.2 cm³/mol. The fraction of sp³-hybridized carbons (Fsp3) is 0.462. The molecule has 1 aromatic carbocycles. The second-order valence-electron chi connectivity index (χ2n) is 4.76. The van der Waals surface area contributed by atoms with Crippen molar-refractivity contribution in [3.05, 3.63) is 33.9 Å². The lowest BCUT2D eigenvalue weighted by atomic mass is 9.99. The van der Waals surface area contributed by atoms with Crippen molar-refractivity contribution >= 4 is 23.2 Å². The molecule has 0 amide bonds. The predicted octanol–water partition coefficient (Wildman–Crippen LogP) is 4.22. The highest BCUT2D eigenvalue weighted by molar-refractivity contribution is 8.00. The lowest BCUT2D eigenvalue weighted by molar-refractivity contribution is -0.388. The molecule has 1 saturated carbocycles. The van der Waals surface area contributed by atoms with Crippen LogP contribution < -0.4 is 0 Å². The Morgan fingerprint density at radius 1 is 1.29 bits per heavy atom. The van der Waals surface area contributed by atoms with Gasteiger partial charge < -0.3 is 0 Å². The largest absolute Gasteiger partial charge is 0.416 e. The van der Waals surface area contributed by atoms with Gasteiger partial charge in [0.25, 0.3) is 5.69 Å². The van der Waals surface area contributed by atoms with Crippen LogP contribution in [0.25, 0.3) is 0 Å².